The number of aliphatic imine (C=N–C) groups is 1. The maximum atomic E-state index is 5.17. The predicted octanol–water partition coefficient (Wildman–Crippen LogP) is 1.88. The van der Waals surface area contributed by atoms with E-state index in [2.05, 4.69) is 4.99 Å². The highest BCUT2D eigenvalue weighted by Gasteiger charge is 2.01. The molecule has 0 atom stereocenters. The summed E-state index contributed by atoms with van der Waals surface area (Å²) in [6, 6.07) is 1.97. The molecule has 2 heterocycles. The average molecular weight is 133 g/mol. The van der Waals surface area contributed by atoms with Crippen molar-refractivity contribution in [2.75, 3.05) is 0 Å². The maximum Gasteiger partial charge on any atom is 0.131 e. The summed E-state index contributed by atoms with van der Waals surface area (Å²) < 4.78 is 5.17. The summed E-state index contributed by atoms with van der Waals surface area (Å²) in [5.74, 6) is 0.928. The highest BCUT2D eigenvalue weighted by atomic mass is 16.3. The Labute approximate surface area is 58.9 Å². The third-order valence-electron chi connectivity index (χ3n) is 1.51. The van der Waals surface area contributed by atoms with Gasteiger partial charge in [-0.05, 0) is 12.1 Å². The summed E-state index contributed by atoms with van der Waals surface area (Å²) in [6.07, 6.45) is 8.07. The molecule has 0 aromatic carbocycles. The number of rotatable bonds is 0. The summed E-state index contributed by atoms with van der Waals surface area (Å²) in [7, 11) is 0. The monoisotopic (exact) mass is 133 g/mol. The number of nitrogens with zero attached hydrogens (tertiary/aromatic N) is 1. The number of fused-ring (bicyclic) bond motifs is 1. The molecular weight excluding hydrogens is 126 g/mol. The van der Waals surface area contributed by atoms with Crippen molar-refractivity contribution in [3.05, 3.63) is 29.9 Å². The molecule has 0 saturated carbocycles. The molecule has 0 amide bonds. The summed E-state index contributed by atoms with van der Waals surface area (Å²) in [4.78, 5) is 3.99. The Morgan fingerprint density at radius 2 is 2.50 bits per heavy atom. The Hall–Kier alpha value is -1.31. The van der Waals surface area contributed by atoms with Gasteiger partial charge >= 0.3 is 0 Å². The van der Waals surface area contributed by atoms with Crippen molar-refractivity contribution in [1.29, 1.82) is 0 Å². The lowest BCUT2D eigenvalue weighted by molar-refractivity contribution is 0.554. The smallest absolute Gasteiger partial charge is 0.131 e. The quantitative estimate of drug-likeness (QED) is 0.530. The fraction of sp³-hybridized carbons (Fsp3) is 0.125. The predicted molar refractivity (Wildman–Crippen MR) is 39.9 cm³/mol. The molecule has 2 rings (SSSR count). The van der Waals surface area contributed by atoms with Crippen LogP contribution in [0.15, 0.2) is 27.9 Å². The van der Waals surface area contributed by atoms with Gasteiger partial charge in [-0.1, -0.05) is 0 Å². The first-order valence-corrected chi connectivity index (χ1v) is 3.21. The Bertz CT molecular complexity index is 283. The van der Waals surface area contributed by atoms with E-state index in [4.69, 9.17) is 4.42 Å². The minimum Gasteiger partial charge on any atom is -0.465 e. The van der Waals surface area contributed by atoms with E-state index in [0.29, 0.717) is 0 Å². The molecule has 1 aliphatic rings. The van der Waals surface area contributed by atoms with E-state index >= 15 is 0 Å². The number of hydrogen-bond acceptors (Lipinski definition) is 2. The van der Waals surface area contributed by atoms with Crippen LogP contribution < -0.4 is 0 Å². The first-order chi connectivity index (χ1) is 4.97. The van der Waals surface area contributed by atoms with E-state index in [0.717, 1.165) is 12.2 Å². The Kier molecular flexibility index (Phi) is 1.17. The molecule has 0 fully saturated rings. The first-order valence-electron chi connectivity index (χ1n) is 3.21. The van der Waals surface area contributed by atoms with Crippen LogP contribution >= 0.6 is 0 Å². The van der Waals surface area contributed by atoms with Crippen LogP contribution in [0.2, 0.25) is 0 Å². The summed E-state index contributed by atoms with van der Waals surface area (Å²) >= 11 is 0. The van der Waals surface area contributed by atoms with Crippen LogP contribution in [0.3, 0.4) is 0 Å². The van der Waals surface area contributed by atoms with Gasteiger partial charge < -0.3 is 4.42 Å². The van der Waals surface area contributed by atoms with Crippen molar-refractivity contribution in [1.82, 2.24) is 0 Å². The summed E-state index contributed by atoms with van der Waals surface area (Å²) in [5.41, 5.74) is 1.21. The second-order valence-corrected chi connectivity index (χ2v) is 2.16. The number of hydrogen-bond donors (Lipinski definition) is 0. The van der Waals surface area contributed by atoms with Crippen LogP contribution in [0.5, 0.6) is 0 Å². The van der Waals surface area contributed by atoms with Gasteiger partial charge in [-0.15, -0.1) is 0 Å². The van der Waals surface area contributed by atoms with Crippen LogP contribution in [0.25, 0.3) is 6.08 Å². The molecule has 2 nitrogen and oxygen atoms in total. The molecule has 0 N–H and O–H groups in total. The molecule has 0 bridgehead atoms. The van der Waals surface area contributed by atoms with Gasteiger partial charge in [-0.25, -0.2) is 0 Å². The molecule has 0 radical (unpaired) electrons. The van der Waals surface area contributed by atoms with E-state index < -0.39 is 0 Å². The van der Waals surface area contributed by atoms with Gasteiger partial charge in [0.15, 0.2) is 0 Å². The summed E-state index contributed by atoms with van der Waals surface area (Å²) in [6.45, 7) is 0. The van der Waals surface area contributed by atoms with Crippen molar-refractivity contribution >= 4 is 12.3 Å². The summed E-state index contributed by atoms with van der Waals surface area (Å²) in [5, 5.41) is 0. The molecule has 0 spiro atoms. The maximum absolute atomic E-state index is 5.17. The largest absolute Gasteiger partial charge is 0.465 e. The Morgan fingerprint density at radius 1 is 1.50 bits per heavy atom. The van der Waals surface area contributed by atoms with E-state index in [1.165, 1.54) is 5.56 Å². The fourth-order valence-electron chi connectivity index (χ4n) is 0.985. The lowest BCUT2D eigenvalue weighted by Gasteiger charge is -1.86. The van der Waals surface area contributed by atoms with Crippen molar-refractivity contribution in [3.63, 3.8) is 0 Å². The van der Waals surface area contributed by atoms with Crippen LogP contribution in [0.1, 0.15) is 11.3 Å². The highest BCUT2D eigenvalue weighted by Crippen LogP contribution is 2.13. The normalized spacial score (nSPS) is 14.8. The van der Waals surface area contributed by atoms with Crippen LogP contribution in [-0.4, -0.2) is 6.21 Å². The molecule has 1 aromatic rings. The van der Waals surface area contributed by atoms with Gasteiger partial charge in [-0.2, -0.15) is 0 Å². The van der Waals surface area contributed by atoms with Crippen molar-refractivity contribution in [2.45, 2.75) is 6.42 Å². The SMILES string of the molecule is C1=Cc2occc2CC=N1. The lowest BCUT2D eigenvalue weighted by atomic mass is 10.2. The molecule has 1 aromatic heterocycles. The topological polar surface area (TPSA) is 25.5 Å². The van der Waals surface area contributed by atoms with Gasteiger partial charge in [0, 0.05) is 24.4 Å². The van der Waals surface area contributed by atoms with Gasteiger partial charge in [-0.3, -0.25) is 4.99 Å². The van der Waals surface area contributed by atoms with E-state index in [-0.39, 0.29) is 0 Å². The zero-order chi connectivity index (χ0) is 6.81. The zero-order valence-electron chi connectivity index (χ0n) is 5.45. The van der Waals surface area contributed by atoms with E-state index in [9.17, 15) is 0 Å². The fourth-order valence-corrected chi connectivity index (χ4v) is 0.985. The van der Waals surface area contributed by atoms with Crippen molar-refractivity contribution in [3.8, 4) is 0 Å². The molecule has 1 aliphatic heterocycles. The molecule has 0 aliphatic carbocycles. The lowest BCUT2D eigenvalue weighted by Crippen LogP contribution is -1.81. The third-order valence-corrected chi connectivity index (χ3v) is 1.51. The minimum atomic E-state index is 0.874. The highest BCUT2D eigenvalue weighted by molar-refractivity contribution is 5.68. The van der Waals surface area contributed by atoms with Crippen LogP contribution in [0.4, 0.5) is 0 Å². The van der Waals surface area contributed by atoms with Crippen LogP contribution in [-0.2, 0) is 6.42 Å². The molecule has 0 unspecified atom stereocenters. The molecule has 2 heteroatoms. The second-order valence-electron chi connectivity index (χ2n) is 2.16. The molecule has 50 valence electrons. The molecular formula is C8H7NO. The Morgan fingerprint density at radius 3 is 3.50 bits per heavy atom. The van der Waals surface area contributed by atoms with Crippen LogP contribution in [0, 0.1) is 0 Å². The molecule has 10 heavy (non-hydrogen) atoms. The average Bonchev–Trinajstić information content (AvgIpc) is 2.28. The second kappa shape index (κ2) is 2.14. The van der Waals surface area contributed by atoms with E-state index in [1.807, 2.05) is 18.4 Å². The van der Waals surface area contributed by atoms with Crippen molar-refractivity contribution in [2.24, 2.45) is 4.99 Å². The van der Waals surface area contributed by atoms with Gasteiger partial charge in [0.05, 0.1) is 6.26 Å². The first kappa shape index (κ1) is 5.47. The van der Waals surface area contributed by atoms with Gasteiger partial charge in [0.25, 0.3) is 0 Å². The third kappa shape index (κ3) is 0.778. The Balaban J connectivity index is 2.50. The molecule has 0 saturated heterocycles. The van der Waals surface area contributed by atoms with E-state index in [1.54, 1.807) is 12.5 Å². The zero-order valence-corrected chi connectivity index (χ0v) is 5.45. The number of furan rings is 1. The van der Waals surface area contributed by atoms with Crippen molar-refractivity contribution < 1.29 is 4.42 Å². The van der Waals surface area contributed by atoms with Gasteiger partial charge in [0.2, 0.25) is 0 Å². The standard InChI is InChI=1S/C8H7NO/c1-4-9-5-2-8-7(1)3-6-10-8/h2-6H,1H2. The van der Waals surface area contributed by atoms with Gasteiger partial charge in [0.1, 0.15) is 5.76 Å². The minimum absolute atomic E-state index is 0.874.